The van der Waals surface area contributed by atoms with Gasteiger partial charge < -0.3 is 25.1 Å². The average Bonchev–Trinajstić information content (AvgIpc) is 2.69. The Kier molecular flexibility index (Phi) is 11.3. The Bertz CT molecular complexity index is 971. The Labute approximate surface area is 220 Å². The minimum Gasteiger partial charge on any atom is -0.480 e. The van der Waals surface area contributed by atoms with Crippen molar-refractivity contribution in [3.8, 4) is 11.5 Å². The number of hydrogen-bond acceptors (Lipinski definition) is 8. The summed E-state index contributed by atoms with van der Waals surface area (Å²) in [6.07, 6.45) is -0.270. The Hall–Kier alpha value is -2.94. The Morgan fingerprint density at radius 3 is 1.78 bits per heavy atom. The van der Waals surface area contributed by atoms with Gasteiger partial charge in [0.25, 0.3) is 0 Å². The van der Waals surface area contributed by atoms with Gasteiger partial charge in [0.2, 0.25) is 0 Å². The molecule has 0 radical (unpaired) electrons. The van der Waals surface area contributed by atoms with Crippen LogP contribution in [0, 0.1) is 16.7 Å². The smallest absolute Gasteiger partial charge is 0.321 e. The van der Waals surface area contributed by atoms with Crippen molar-refractivity contribution in [3.63, 3.8) is 0 Å². The van der Waals surface area contributed by atoms with Crippen molar-refractivity contribution in [1.29, 1.82) is 0 Å². The van der Waals surface area contributed by atoms with Crippen LogP contribution in [0.1, 0.15) is 93.1 Å². The van der Waals surface area contributed by atoms with E-state index in [9.17, 15) is 24.3 Å². The number of carboxylic acids is 1. The average molecular weight is 522 g/mol. The maximum Gasteiger partial charge on any atom is 0.321 e. The molecule has 9 nitrogen and oxygen atoms in total. The van der Waals surface area contributed by atoms with Crippen LogP contribution in [0.25, 0.3) is 0 Å². The van der Waals surface area contributed by atoms with Gasteiger partial charge in [-0.05, 0) is 41.9 Å². The summed E-state index contributed by atoms with van der Waals surface area (Å²) in [6, 6.07) is 3.17. The molecule has 0 bridgehead atoms. The van der Waals surface area contributed by atoms with Gasteiger partial charge in [0.15, 0.2) is 11.5 Å². The lowest BCUT2D eigenvalue weighted by Gasteiger charge is -2.26. The zero-order valence-electron chi connectivity index (χ0n) is 23.5. The monoisotopic (exact) mass is 521 g/mol. The summed E-state index contributed by atoms with van der Waals surface area (Å²) in [7, 11) is 0. The third-order valence-electron chi connectivity index (χ3n) is 5.29. The highest BCUT2D eigenvalue weighted by Crippen LogP contribution is 2.36. The molecule has 208 valence electrons. The van der Waals surface area contributed by atoms with Crippen molar-refractivity contribution in [3.05, 3.63) is 23.8 Å². The molecule has 3 atom stereocenters. The number of hydrogen-bond donors (Lipinski definition) is 2. The Morgan fingerprint density at radius 2 is 1.35 bits per heavy atom. The van der Waals surface area contributed by atoms with Crippen LogP contribution in [0.3, 0.4) is 0 Å². The van der Waals surface area contributed by atoms with Gasteiger partial charge in [0.1, 0.15) is 6.04 Å². The molecule has 0 amide bonds. The summed E-state index contributed by atoms with van der Waals surface area (Å²) < 4.78 is 16.5. The molecule has 0 aromatic heterocycles. The van der Waals surface area contributed by atoms with Crippen LogP contribution in [-0.2, 0) is 23.9 Å². The van der Waals surface area contributed by atoms with Gasteiger partial charge in [0, 0.05) is 5.92 Å². The normalized spacial score (nSPS) is 14.5. The van der Waals surface area contributed by atoms with E-state index in [1.54, 1.807) is 26.8 Å². The summed E-state index contributed by atoms with van der Waals surface area (Å²) in [5, 5.41) is 9.63. The van der Waals surface area contributed by atoms with Crippen LogP contribution in [-0.4, -0.2) is 41.1 Å². The summed E-state index contributed by atoms with van der Waals surface area (Å²) in [6.45, 7) is 16.4. The van der Waals surface area contributed by atoms with Gasteiger partial charge in [-0.3, -0.25) is 19.2 Å². The number of nitrogens with two attached hydrogens (primary N) is 1. The molecule has 1 aromatic carbocycles. The van der Waals surface area contributed by atoms with Crippen LogP contribution in [0.4, 0.5) is 0 Å². The van der Waals surface area contributed by atoms with Crippen molar-refractivity contribution in [2.75, 3.05) is 0 Å². The minimum atomic E-state index is -1.33. The van der Waals surface area contributed by atoms with Gasteiger partial charge in [-0.1, -0.05) is 61.5 Å². The predicted molar refractivity (Wildman–Crippen MR) is 139 cm³/mol. The highest BCUT2D eigenvalue weighted by atomic mass is 16.6. The van der Waals surface area contributed by atoms with Crippen molar-refractivity contribution < 1.29 is 38.5 Å². The number of carbonyl (C=O) groups is 4. The second kappa shape index (κ2) is 13.0. The number of carbonyl (C=O) groups excluding carboxylic acids is 3. The molecule has 0 heterocycles. The maximum atomic E-state index is 12.6. The number of benzene rings is 1. The van der Waals surface area contributed by atoms with Crippen molar-refractivity contribution >= 4 is 23.9 Å². The molecule has 0 spiro atoms. The maximum absolute atomic E-state index is 12.6. The minimum absolute atomic E-state index is 0.0107. The third kappa shape index (κ3) is 11.8. The van der Waals surface area contributed by atoms with Crippen molar-refractivity contribution in [2.45, 2.75) is 99.6 Å². The molecule has 0 saturated heterocycles. The highest BCUT2D eigenvalue weighted by Gasteiger charge is 2.31. The van der Waals surface area contributed by atoms with Crippen LogP contribution in [0.2, 0.25) is 0 Å². The fourth-order valence-corrected chi connectivity index (χ4v) is 3.51. The Morgan fingerprint density at radius 1 is 0.865 bits per heavy atom. The van der Waals surface area contributed by atoms with Crippen LogP contribution in [0.15, 0.2) is 18.2 Å². The molecule has 0 saturated carbocycles. The van der Waals surface area contributed by atoms with E-state index in [0.717, 1.165) is 0 Å². The molecular weight excluding hydrogens is 478 g/mol. The molecule has 3 N–H and O–H groups in total. The van der Waals surface area contributed by atoms with E-state index in [1.165, 1.54) is 12.1 Å². The lowest BCUT2D eigenvalue weighted by Crippen LogP contribution is -2.38. The van der Waals surface area contributed by atoms with Crippen molar-refractivity contribution in [1.82, 2.24) is 0 Å². The molecule has 9 heteroatoms. The molecule has 0 aliphatic rings. The first-order valence-corrected chi connectivity index (χ1v) is 12.5. The van der Waals surface area contributed by atoms with Crippen LogP contribution < -0.4 is 15.2 Å². The zero-order valence-corrected chi connectivity index (χ0v) is 23.5. The molecule has 0 fully saturated rings. The van der Waals surface area contributed by atoms with Crippen molar-refractivity contribution in [2.24, 2.45) is 22.5 Å². The summed E-state index contributed by atoms with van der Waals surface area (Å²) in [5.74, 6) is -3.77. The first-order chi connectivity index (χ1) is 16.8. The lowest BCUT2D eigenvalue weighted by atomic mass is 9.87. The van der Waals surface area contributed by atoms with E-state index >= 15 is 0 Å². The fraction of sp³-hybridized carbons (Fsp3) is 0.643. The summed E-state index contributed by atoms with van der Waals surface area (Å²) >= 11 is 0. The number of carboxylic acid groups (broad SMARTS) is 1. The zero-order chi connectivity index (χ0) is 28.7. The predicted octanol–water partition coefficient (Wildman–Crippen LogP) is 4.84. The standard InChI is InChI=1S/C28H43NO8/c1-16(2)26(34)35-17(3)12-19(24(29)25(32)33)18-10-11-20(36-22(30)14-27(4,5)6)21(13-18)37-23(31)15-28(7,8)9/h10-11,13,16-17,19,24H,12,14-15,29H2,1-9H3,(H,32,33)/t17?,19?,24-/m0/s1. The van der Waals surface area contributed by atoms with E-state index in [-0.39, 0.29) is 47.5 Å². The van der Waals surface area contributed by atoms with E-state index in [1.807, 2.05) is 41.5 Å². The number of ether oxygens (including phenoxy) is 3. The third-order valence-corrected chi connectivity index (χ3v) is 5.29. The molecule has 1 rings (SSSR count). The van der Waals surface area contributed by atoms with Crippen LogP contribution in [0.5, 0.6) is 11.5 Å². The molecular formula is C28H43NO8. The quantitative estimate of drug-likeness (QED) is 0.309. The summed E-state index contributed by atoms with van der Waals surface area (Å²) in [5.41, 5.74) is 5.80. The van der Waals surface area contributed by atoms with E-state index in [0.29, 0.717) is 5.56 Å². The lowest BCUT2D eigenvalue weighted by molar-refractivity contribution is -0.152. The van der Waals surface area contributed by atoms with Gasteiger partial charge in [-0.2, -0.15) is 0 Å². The highest BCUT2D eigenvalue weighted by molar-refractivity contribution is 5.78. The topological polar surface area (TPSA) is 142 Å². The van der Waals surface area contributed by atoms with E-state index in [2.05, 4.69) is 0 Å². The van der Waals surface area contributed by atoms with Gasteiger partial charge in [-0.15, -0.1) is 0 Å². The SMILES string of the molecule is CC(CC(c1ccc(OC(=O)CC(C)(C)C)c(OC(=O)CC(C)(C)C)c1)[C@H](N)C(=O)O)OC(=O)C(C)C. The molecule has 0 aliphatic carbocycles. The second-order valence-corrected chi connectivity index (χ2v) is 12.2. The first kappa shape index (κ1) is 32.1. The molecule has 0 aliphatic heterocycles. The van der Waals surface area contributed by atoms with Crippen LogP contribution >= 0.6 is 0 Å². The first-order valence-electron chi connectivity index (χ1n) is 12.5. The number of rotatable bonds is 11. The molecule has 2 unspecified atom stereocenters. The molecule has 1 aromatic rings. The van der Waals surface area contributed by atoms with Gasteiger partial charge in [-0.25, -0.2) is 0 Å². The van der Waals surface area contributed by atoms with E-state index in [4.69, 9.17) is 19.9 Å². The van der Waals surface area contributed by atoms with E-state index < -0.39 is 41.9 Å². The fourth-order valence-electron chi connectivity index (χ4n) is 3.51. The van der Waals surface area contributed by atoms with Gasteiger partial charge in [0.05, 0.1) is 24.9 Å². The summed E-state index contributed by atoms with van der Waals surface area (Å²) in [4.78, 5) is 49.0. The van der Waals surface area contributed by atoms with Gasteiger partial charge >= 0.3 is 23.9 Å². The molecule has 37 heavy (non-hydrogen) atoms. The Balaban J connectivity index is 3.41. The number of aliphatic carboxylic acids is 1. The second-order valence-electron chi connectivity index (χ2n) is 12.2. The largest absolute Gasteiger partial charge is 0.480 e. The number of esters is 3.